The number of halogens is 1. The summed E-state index contributed by atoms with van der Waals surface area (Å²) in [6.45, 7) is 2.00. The number of benzene rings is 2. The number of fused-ring (bicyclic) bond motifs is 1. The minimum absolute atomic E-state index is 0.745. The van der Waals surface area contributed by atoms with Gasteiger partial charge in [-0.15, -0.1) is 0 Å². The number of nitrogens with two attached hydrogens (primary N) is 1. The second-order valence-electron chi connectivity index (χ2n) is 5.36. The Morgan fingerprint density at radius 2 is 1.68 bits per heavy atom. The minimum atomic E-state index is 0.745. The lowest BCUT2D eigenvalue weighted by atomic mass is 10.1. The number of nitrogen functional groups attached to an aromatic ring is 1. The van der Waals surface area contributed by atoms with Gasteiger partial charge < -0.3 is 15.5 Å². The molecule has 2 aromatic carbocycles. The Morgan fingerprint density at radius 1 is 0.955 bits per heavy atom. The van der Waals surface area contributed by atoms with Crippen molar-refractivity contribution in [3.63, 3.8) is 0 Å². The van der Waals surface area contributed by atoms with E-state index in [1.54, 1.807) is 0 Å². The van der Waals surface area contributed by atoms with Gasteiger partial charge in [-0.3, -0.25) is 0 Å². The summed E-state index contributed by atoms with van der Waals surface area (Å²) in [7, 11) is 0. The van der Waals surface area contributed by atoms with Crippen LogP contribution in [0.3, 0.4) is 0 Å². The van der Waals surface area contributed by atoms with Crippen LogP contribution in [0.4, 0.5) is 5.69 Å². The van der Waals surface area contributed by atoms with E-state index in [-0.39, 0.29) is 0 Å². The molecule has 1 saturated heterocycles. The molecule has 114 valence electrons. The maximum absolute atomic E-state index is 5.87. The molecule has 0 radical (unpaired) electrons. The van der Waals surface area contributed by atoms with Crippen LogP contribution in [0.15, 0.2) is 48.5 Å². The molecule has 0 saturated carbocycles. The highest BCUT2D eigenvalue weighted by Gasteiger charge is 2.03. The topological polar surface area (TPSA) is 51.0 Å². The van der Waals surface area contributed by atoms with Gasteiger partial charge in [0.15, 0.2) is 0 Å². The normalized spacial score (nSPS) is 13.9. The highest BCUT2D eigenvalue weighted by atomic mass is 35.5. The molecule has 1 aliphatic heterocycles. The third kappa shape index (κ3) is 3.62. The lowest BCUT2D eigenvalue weighted by Gasteiger charge is -1.96. The fraction of sp³-hybridized carbons (Fsp3) is 0.222. The van der Waals surface area contributed by atoms with Crippen LogP contribution in [0.1, 0.15) is 12.8 Å². The zero-order valence-electron chi connectivity index (χ0n) is 12.3. The second kappa shape index (κ2) is 6.86. The summed E-state index contributed by atoms with van der Waals surface area (Å²) in [5, 5.41) is 1.86. The molecule has 3 aromatic rings. The Morgan fingerprint density at radius 3 is 2.32 bits per heavy atom. The molecule has 3 nitrogen and oxygen atoms in total. The third-order valence-electron chi connectivity index (χ3n) is 3.63. The van der Waals surface area contributed by atoms with Gasteiger partial charge in [0.1, 0.15) is 0 Å². The molecule has 0 bridgehead atoms. The molecule has 1 aromatic heterocycles. The third-order valence-corrected chi connectivity index (χ3v) is 3.88. The van der Waals surface area contributed by atoms with Gasteiger partial charge >= 0.3 is 0 Å². The van der Waals surface area contributed by atoms with Crippen molar-refractivity contribution in [1.82, 2.24) is 4.98 Å². The van der Waals surface area contributed by atoms with E-state index in [1.807, 2.05) is 42.5 Å². The smallest absolute Gasteiger partial charge is 0.0466 e. The summed E-state index contributed by atoms with van der Waals surface area (Å²) >= 11 is 5.87. The minimum Gasteiger partial charge on any atom is -0.399 e. The van der Waals surface area contributed by atoms with Crippen molar-refractivity contribution in [2.24, 2.45) is 0 Å². The number of ether oxygens (including phenoxy) is 1. The van der Waals surface area contributed by atoms with Crippen LogP contribution in [0.5, 0.6) is 0 Å². The van der Waals surface area contributed by atoms with E-state index < -0.39 is 0 Å². The summed E-state index contributed by atoms with van der Waals surface area (Å²) in [5.41, 5.74) is 9.81. The highest BCUT2D eigenvalue weighted by Crippen LogP contribution is 2.26. The Hall–Kier alpha value is -1.97. The Kier molecular flexibility index (Phi) is 4.66. The van der Waals surface area contributed by atoms with Crippen LogP contribution >= 0.6 is 11.6 Å². The Labute approximate surface area is 135 Å². The molecule has 1 aliphatic rings. The number of aromatic amines is 1. The molecule has 3 N–H and O–H groups in total. The van der Waals surface area contributed by atoms with Gasteiger partial charge in [0.05, 0.1) is 0 Å². The van der Waals surface area contributed by atoms with E-state index in [2.05, 4.69) is 11.1 Å². The van der Waals surface area contributed by atoms with E-state index >= 15 is 0 Å². The molecule has 0 spiro atoms. The highest BCUT2D eigenvalue weighted by molar-refractivity contribution is 6.30. The van der Waals surface area contributed by atoms with E-state index in [0.29, 0.717) is 0 Å². The van der Waals surface area contributed by atoms with Gasteiger partial charge in [0.2, 0.25) is 0 Å². The Bertz CT molecular complexity index is 738. The van der Waals surface area contributed by atoms with Crippen LogP contribution in [-0.4, -0.2) is 18.2 Å². The number of anilines is 1. The SMILES string of the molecule is C1CCOC1.Nc1ccc2[nH]c(-c3ccc(Cl)cc3)cc2c1. The first-order valence-electron chi connectivity index (χ1n) is 7.44. The van der Waals surface area contributed by atoms with Crippen molar-refractivity contribution in [3.8, 4) is 11.3 Å². The molecule has 0 unspecified atom stereocenters. The summed E-state index contributed by atoms with van der Waals surface area (Å²) in [4.78, 5) is 3.36. The molecule has 4 rings (SSSR count). The number of H-pyrrole nitrogens is 1. The molecule has 0 atom stereocenters. The summed E-state index contributed by atoms with van der Waals surface area (Å²) < 4.78 is 4.94. The second-order valence-corrected chi connectivity index (χ2v) is 5.79. The van der Waals surface area contributed by atoms with Crippen molar-refractivity contribution in [2.45, 2.75) is 12.8 Å². The number of aromatic nitrogens is 1. The van der Waals surface area contributed by atoms with Crippen LogP contribution < -0.4 is 5.73 Å². The number of hydrogen-bond donors (Lipinski definition) is 2. The fourth-order valence-corrected chi connectivity index (χ4v) is 2.57. The van der Waals surface area contributed by atoms with Crippen LogP contribution in [-0.2, 0) is 4.74 Å². The van der Waals surface area contributed by atoms with Crippen molar-refractivity contribution in [1.29, 1.82) is 0 Å². The molecule has 0 amide bonds. The first-order valence-corrected chi connectivity index (χ1v) is 7.82. The Balaban J connectivity index is 0.000000246. The zero-order valence-corrected chi connectivity index (χ0v) is 13.1. The summed E-state index contributed by atoms with van der Waals surface area (Å²) in [6, 6.07) is 15.7. The fourth-order valence-electron chi connectivity index (χ4n) is 2.45. The average molecular weight is 315 g/mol. The van der Waals surface area contributed by atoms with Crippen LogP contribution in [0.25, 0.3) is 22.2 Å². The maximum atomic E-state index is 5.87. The van der Waals surface area contributed by atoms with Gasteiger partial charge in [0.25, 0.3) is 0 Å². The molecule has 0 aliphatic carbocycles. The standard InChI is InChI=1S/C14H11ClN2.C4H8O/c15-11-3-1-9(2-4-11)14-8-10-7-12(16)5-6-13(10)17-14;1-2-4-5-3-1/h1-8,17H,16H2;1-4H2. The molecule has 1 fully saturated rings. The van der Waals surface area contributed by atoms with Gasteiger partial charge in [-0.05, 0) is 54.8 Å². The van der Waals surface area contributed by atoms with E-state index in [1.165, 1.54) is 12.8 Å². The number of hydrogen-bond acceptors (Lipinski definition) is 2. The van der Waals surface area contributed by atoms with Gasteiger partial charge in [-0.25, -0.2) is 0 Å². The molecular weight excluding hydrogens is 296 g/mol. The van der Waals surface area contributed by atoms with Crippen LogP contribution in [0.2, 0.25) is 5.02 Å². The zero-order chi connectivity index (χ0) is 15.4. The number of rotatable bonds is 1. The maximum Gasteiger partial charge on any atom is 0.0466 e. The van der Waals surface area contributed by atoms with Crippen molar-refractivity contribution in [3.05, 3.63) is 53.6 Å². The molecular formula is C18H19ClN2O. The molecule has 4 heteroatoms. The monoisotopic (exact) mass is 314 g/mol. The van der Waals surface area contributed by atoms with Crippen molar-refractivity contribution >= 4 is 28.2 Å². The first kappa shape index (κ1) is 14.9. The number of nitrogens with one attached hydrogen (secondary N) is 1. The quantitative estimate of drug-likeness (QED) is 0.630. The summed E-state index contributed by atoms with van der Waals surface area (Å²) in [6.07, 6.45) is 2.56. The van der Waals surface area contributed by atoms with Crippen molar-refractivity contribution in [2.75, 3.05) is 18.9 Å². The van der Waals surface area contributed by atoms with E-state index in [0.717, 1.165) is 46.1 Å². The van der Waals surface area contributed by atoms with Crippen molar-refractivity contribution < 1.29 is 4.74 Å². The molecule has 2 heterocycles. The average Bonchev–Trinajstić information content (AvgIpc) is 3.20. The summed E-state index contributed by atoms with van der Waals surface area (Å²) in [5.74, 6) is 0. The van der Waals surface area contributed by atoms with Crippen LogP contribution in [0, 0.1) is 0 Å². The largest absolute Gasteiger partial charge is 0.399 e. The predicted octanol–water partition coefficient (Wildman–Crippen LogP) is 4.87. The van der Waals surface area contributed by atoms with Gasteiger partial charge in [0, 0.05) is 40.5 Å². The lowest BCUT2D eigenvalue weighted by Crippen LogP contribution is -1.81. The van der Waals surface area contributed by atoms with E-state index in [9.17, 15) is 0 Å². The predicted molar refractivity (Wildman–Crippen MR) is 93.2 cm³/mol. The van der Waals surface area contributed by atoms with Gasteiger partial charge in [-0.2, -0.15) is 0 Å². The first-order chi connectivity index (χ1) is 10.7. The van der Waals surface area contributed by atoms with Gasteiger partial charge in [-0.1, -0.05) is 23.7 Å². The van der Waals surface area contributed by atoms with E-state index in [4.69, 9.17) is 22.1 Å². The molecule has 22 heavy (non-hydrogen) atoms. The lowest BCUT2D eigenvalue weighted by molar-refractivity contribution is 0.198.